The molecule has 1 aliphatic carbocycles. The molecule has 0 bridgehead atoms. The summed E-state index contributed by atoms with van der Waals surface area (Å²) in [6.45, 7) is 12.6. The lowest BCUT2D eigenvalue weighted by atomic mass is 9.64. The molecule has 0 N–H and O–H groups in total. The van der Waals surface area contributed by atoms with Crippen molar-refractivity contribution in [2.24, 2.45) is 17.8 Å². The van der Waals surface area contributed by atoms with Gasteiger partial charge in [0.25, 0.3) is 0 Å². The molecule has 1 aromatic carbocycles. The van der Waals surface area contributed by atoms with Gasteiger partial charge in [0.05, 0.1) is 0 Å². The Labute approximate surface area is 195 Å². The zero-order chi connectivity index (χ0) is 23.6. The van der Waals surface area contributed by atoms with E-state index in [1.165, 1.54) is 5.56 Å². The van der Waals surface area contributed by atoms with Gasteiger partial charge in [-0.05, 0) is 55.4 Å². The van der Waals surface area contributed by atoms with Crippen molar-refractivity contribution in [2.45, 2.75) is 90.6 Å². The molecule has 3 heteroatoms. The molecule has 0 radical (unpaired) electrons. The summed E-state index contributed by atoms with van der Waals surface area (Å²) in [6, 6.07) is 10.5. The Morgan fingerprint density at radius 3 is 2.56 bits per heavy atom. The van der Waals surface area contributed by atoms with Gasteiger partial charge in [-0.15, -0.1) is 6.58 Å². The fourth-order valence-electron chi connectivity index (χ4n) is 4.98. The summed E-state index contributed by atoms with van der Waals surface area (Å²) in [5, 5.41) is 0. The standard InChI is InChI=1S/C29H42O3/c1-6-8-9-10-14-18-26(30)24(15-7-2)28(31)32-27-21-22(3)19-20-25(27)29(4,5)23-16-12-11-13-17-23/h7-9,11-13,16-17,22,24-25,27H,2,6,10,14-15,18-21H2,1,3-5H3/b9-8+/t22-,24?,25-,27-/m1/s1. The van der Waals surface area contributed by atoms with Crippen LogP contribution in [0, 0.1) is 17.8 Å². The summed E-state index contributed by atoms with van der Waals surface area (Å²) in [5.41, 5.74) is 1.15. The van der Waals surface area contributed by atoms with Gasteiger partial charge in [0.15, 0.2) is 0 Å². The third-order valence-corrected chi connectivity index (χ3v) is 7.04. The van der Waals surface area contributed by atoms with Gasteiger partial charge in [-0.25, -0.2) is 0 Å². The van der Waals surface area contributed by atoms with E-state index in [9.17, 15) is 9.59 Å². The molecule has 176 valence electrons. The summed E-state index contributed by atoms with van der Waals surface area (Å²) >= 11 is 0. The normalized spacial score (nSPS) is 22.4. The minimum atomic E-state index is -0.736. The average molecular weight is 439 g/mol. The van der Waals surface area contributed by atoms with E-state index in [4.69, 9.17) is 4.74 Å². The van der Waals surface area contributed by atoms with Crippen molar-refractivity contribution >= 4 is 11.8 Å². The highest BCUT2D eigenvalue weighted by Crippen LogP contribution is 2.43. The third kappa shape index (κ3) is 7.18. The molecule has 4 atom stereocenters. The molecule has 0 spiro atoms. The Morgan fingerprint density at radius 2 is 1.91 bits per heavy atom. The summed E-state index contributed by atoms with van der Waals surface area (Å²) in [6.07, 6.45) is 12.1. The molecule has 0 amide bonds. The number of Topliss-reactive ketones (excluding diaryl/α,β-unsaturated/α-hetero) is 1. The van der Waals surface area contributed by atoms with E-state index in [1.807, 2.05) is 6.07 Å². The summed E-state index contributed by atoms with van der Waals surface area (Å²) in [4.78, 5) is 26.0. The van der Waals surface area contributed by atoms with E-state index in [1.54, 1.807) is 6.08 Å². The van der Waals surface area contributed by atoms with E-state index in [2.05, 4.69) is 70.7 Å². The molecule has 0 aliphatic heterocycles. The van der Waals surface area contributed by atoms with Crippen LogP contribution in [0.3, 0.4) is 0 Å². The van der Waals surface area contributed by atoms with Gasteiger partial charge in [-0.1, -0.05) is 82.7 Å². The lowest BCUT2D eigenvalue weighted by molar-refractivity contribution is -0.163. The maximum absolute atomic E-state index is 13.2. The van der Waals surface area contributed by atoms with Crippen LogP contribution in [0.4, 0.5) is 0 Å². The summed E-state index contributed by atoms with van der Waals surface area (Å²) < 4.78 is 6.14. The SMILES string of the molecule is C=CCC(C(=O)CCC/C=C/CC)C(=O)O[C@@H]1C[C@H](C)CC[C@H]1C(C)(C)c1ccccc1. The van der Waals surface area contributed by atoms with Crippen molar-refractivity contribution in [3.05, 3.63) is 60.7 Å². The number of hydrogen-bond acceptors (Lipinski definition) is 3. The predicted octanol–water partition coefficient (Wildman–Crippen LogP) is 7.21. The number of carbonyl (C=O) groups is 2. The molecule has 2 rings (SSSR count). The van der Waals surface area contributed by atoms with Crippen LogP contribution >= 0.6 is 0 Å². The van der Waals surface area contributed by atoms with Crippen LogP contribution in [0.2, 0.25) is 0 Å². The number of carbonyl (C=O) groups excluding carboxylic acids is 2. The van der Waals surface area contributed by atoms with E-state index in [-0.39, 0.29) is 29.2 Å². The van der Waals surface area contributed by atoms with Crippen molar-refractivity contribution in [1.82, 2.24) is 0 Å². The van der Waals surface area contributed by atoms with Gasteiger partial charge in [-0.2, -0.15) is 0 Å². The first kappa shape index (κ1) is 26.1. The van der Waals surface area contributed by atoms with Crippen LogP contribution in [0.15, 0.2) is 55.1 Å². The van der Waals surface area contributed by atoms with Crippen LogP contribution in [-0.4, -0.2) is 17.9 Å². The second-order valence-electron chi connectivity index (χ2n) is 9.90. The maximum atomic E-state index is 13.2. The second kappa shape index (κ2) is 12.8. The van der Waals surface area contributed by atoms with Crippen molar-refractivity contribution in [1.29, 1.82) is 0 Å². The first-order valence-corrected chi connectivity index (χ1v) is 12.4. The largest absolute Gasteiger partial charge is 0.461 e. The molecular weight excluding hydrogens is 396 g/mol. The minimum absolute atomic E-state index is 0.0254. The third-order valence-electron chi connectivity index (χ3n) is 7.04. The smallest absolute Gasteiger partial charge is 0.317 e. The predicted molar refractivity (Wildman–Crippen MR) is 132 cm³/mol. The fraction of sp³-hybridized carbons (Fsp3) is 0.586. The number of hydrogen-bond donors (Lipinski definition) is 0. The molecule has 3 nitrogen and oxygen atoms in total. The van der Waals surface area contributed by atoms with Gasteiger partial charge < -0.3 is 4.74 Å². The molecular formula is C29H42O3. The Morgan fingerprint density at radius 1 is 1.19 bits per heavy atom. The zero-order valence-corrected chi connectivity index (χ0v) is 20.5. The number of allylic oxidation sites excluding steroid dienone is 3. The second-order valence-corrected chi connectivity index (χ2v) is 9.90. The topological polar surface area (TPSA) is 43.4 Å². The number of esters is 1. The highest BCUT2D eigenvalue weighted by Gasteiger charge is 2.43. The van der Waals surface area contributed by atoms with E-state index in [0.29, 0.717) is 18.8 Å². The van der Waals surface area contributed by atoms with E-state index in [0.717, 1.165) is 38.5 Å². The number of rotatable bonds is 12. The summed E-state index contributed by atoms with van der Waals surface area (Å²) in [5.74, 6) is -0.395. The van der Waals surface area contributed by atoms with Gasteiger partial charge in [-0.3, -0.25) is 9.59 Å². The highest BCUT2D eigenvalue weighted by atomic mass is 16.5. The van der Waals surface area contributed by atoms with Crippen molar-refractivity contribution in [2.75, 3.05) is 0 Å². The van der Waals surface area contributed by atoms with Crippen LogP contribution in [0.1, 0.15) is 84.6 Å². The molecule has 1 saturated carbocycles. The quantitative estimate of drug-likeness (QED) is 0.150. The molecule has 0 saturated heterocycles. The first-order chi connectivity index (χ1) is 15.3. The Balaban J connectivity index is 2.12. The number of ether oxygens (including phenoxy) is 1. The zero-order valence-electron chi connectivity index (χ0n) is 20.5. The lowest BCUT2D eigenvalue weighted by Gasteiger charge is -2.44. The van der Waals surface area contributed by atoms with Crippen molar-refractivity contribution in [3.63, 3.8) is 0 Å². The van der Waals surface area contributed by atoms with E-state index >= 15 is 0 Å². The molecule has 1 fully saturated rings. The van der Waals surface area contributed by atoms with Gasteiger partial charge in [0.2, 0.25) is 0 Å². The average Bonchev–Trinajstić information content (AvgIpc) is 2.77. The Bertz CT molecular complexity index is 762. The molecule has 1 aliphatic rings. The van der Waals surface area contributed by atoms with Crippen LogP contribution < -0.4 is 0 Å². The summed E-state index contributed by atoms with van der Waals surface area (Å²) in [7, 11) is 0. The molecule has 1 unspecified atom stereocenters. The van der Waals surface area contributed by atoms with Gasteiger partial charge >= 0.3 is 5.97 Å². The lowest BCUT2D eigenvalue weighted by Crippen LogP contribution is -2.44. The minimum Gasteiger partial charge on any atom is -0.461 e. The van der Waals surface area contributed by atoms with Gasteiger partial charge in [0.1, 0.15) is 17.8 Å². The monoisotopic (exact) mass is 438 g/mol. The van der Waals surface area contributed by atoms with Crippen LogP contribution in [0.25, 0.3) is 0 Å². The number of benzene rings is 1. The van der Waals surface area contributed by atoms with Crippen molar-refractivity contribution in [3.8, 4) is 0 Å². The Kier molecular flexibility index (Phi) is 10.4. The maximum Gasteiger partial charge on any atom is 0.317 e. The molecule has 32 heavy (non-hydrogen) atoms. The van der Waals surface area contributed by atoms with Gasteiger partial charge in [0, 0.05) is 12.3 Å². The molecule has 0 heterocycles. The Hall–Kier alpha value is -2.16. The number of ketones is 1. The van der Waals surface area contributed by atoms with Crippen LogP contribution in [0.5, 0.6) is 0 Å². The van der Waals surface area contributed by atoms with E-state index < -0.39 is 5.92 Å². The van der Waals surface area contributed by atoms with Crippen molar-refractivity contribution < 1.29 is 14.3 Å². The number of unbranched alkanes of at least 4 members (excludes halogenated alkanes) is 1. The molecule has 0 aromatic heterocycles. The fourth-order valence-corrected chi connectivity index (χ4v) is 4.98. The molecule has 1 aromatic rings. The first-order valence-electron chi connectivity index (χ1n) is 12.4. The highest BCUT2D eigenvalue weighted by molar-refractivity contribution is 5.99. The van der Waals surface area contributed by atoms with Crippen LogP contribution in [-0.2, 0) is 19.7 Å².